The number of hydrogen-bond acceptors (Lipinski definition) is 5. The normalized spacial score (nSPS) is 11.4. The number of hydrogen-bond donors (Lipinski definition) is 3. The molecule has 2 amide bonds. The molecule has 5 N–H and O–H groups in total. The topological polar surface area (TPSA) is 117 Å². The Morgan fingerprint density at radius 3 is 2.39 bits per heavy atom. The van der Waals surface area contributed by atoms with Gasteiger partial charge in [-0.2, -0.15) is 0 Å². The van der Waals surface area contributed by atoms with Crippen molar-refractivity contribution in [1.29, 1.82) is 0 Å². The van der Waals surface area contributed by atoms with Gasteiger partial charge in [0, 0.05) is 12.6 Å². The molecule has 98 valence electrons. The second-order valence-corrected chi connectivity index (χ2v) is 3.32. The SMILES string of the molecule is CNC(=O)OC(C(N)=O)c1ccc(OCN)cc1. The van der Waals surface area contributed by atoms with Gasteiger partial charge in [0.15, 0.2) is 0 Å². The summed E-state index contributed by atoms with van der Waals surface area (Å²) in [5, 5.41) is 2.24. The predicted molar refractivity (Wildman–Crippen MR) is 63.6 cm³/mol. The molecule has 0 saturated heterocycles. The van der Waals surface area contributed by atoms with E-state index in [0.29, 0.717) is 11.3 Å². The molecule has 0 aromatic heterocycles. The largest absolute Gasteiger partial charge is 0.479 e. The zero-order valence-electron chi connectivity index (χ0n) is 9.88. The van der Waals surface area contributed by atoms with Gasteiger partial charge in [-0.1, -0.05) is 12.1 Å². The molecule has 1 aromatic rings. The van der Waals surface area contributed by atoms with Gasteiger partial charge in [0.25, 0.3) is 5.91 Å². The fourth-order valence-corrected chi connectivity index (χ4v) is 1.29. The summed E-state index contributed by atoms with van der Waals surface area (Å²) >= 11 is 0. The zero-order valence-corrected chi connectivity index (χ0v) is 9.88. The van der Waals surface area contributed by atoms with Gasteiger partial charge >= 0.3 is 6.09 Å². The monoisotopic (exact) mass is 253 g/mol. The van der Waals surface area contributed by atoms with E-state index in [9.17, 15) is 9.59 Å². The van der Waals surface area contributed by atoms with Crippen LogP contribution in [0.1, 0.15) is 11.7 Å². The minimum Gasteiger partial charge on any atom is -0.479 e. The molecular formula is C11H15N3O4. The van der Waals surface area contributed by atoms with Crippen LogP contribution in [-0.4, -0.2) is 25.8 Å². The van der Waals surface area contributed by atoms with E-state index in [1.807, 2.05) is 0 Å². The third-order valence-corrected chi connectivity index (χ3v) is 2.12. The Kier molecular flexibility index (Phi) is 4.94. The number of amides is 2. The third-order valence-electron chi connectivity index (χ3n) is 2.12. The van der Waals surface area contributed by atoms with Gasteiger partial charge in [-0.15, -0.1) is 0 Å². The molecule has 0 aliphatic heterocycles. The fourth-order valence-electron chi connectivity index (χ4n) is 1.29. The van der Waals surface area contributed by atoms with Crippen LogP contribution >= 0.6 is 0 Å². The number of carbonyl (C=O) groups is 2. The molecule has 0 aliphatic carbocycles. The lowest BCUT2D eigenvalue weighted by molar-refractivity contribution is -0.126. The molecular weight excluding hydrogens is 238 g/mol. The second kappa shape index (κ2) is 6.45. The molecule has 18 heavy (non-hydrogen) atoms. The minimum absolute atomic E-state index is 0.0489. The standard InChI is InChI=1S/C11H15N3O4/c1-14-11(16)18-9(10(13)15)7-2-4-8(5-3-7)17-6-12/h2-5,9H,6,12H2,1H3,(H2,13,15)(H,14,16). The molecule has 0 spiro atoms. The summed E-state index contributed by atoms with van der Waals surface area (Å²) in [6, 6.07) is 6.35. The number of nitrogens with one attached hydrogen (secondary N) is 1. The van der Waals surface area contributed by atoms with Crippen LogP contribution in [0.3, 0.4) is 0 Å². The summed E-state index contributed by atoms with van der Waals surface area (Å²) < 4.78 is 9.90. The van der Waals surface area contributed by atoms with Crippen LogP contribution in [-0.2, 0) is 9.53 Å². The first kappa shape index (κ1) is 13.8. The lowest BCUT2D eigenvalue weighted by Crippen LogP contribution is -2.30. The summed E-state index contributed by atoms with van der Waals surface area (Å²) in [5.41, 5.74) is 10.8. The number of primary amides is 1. The lowest BCUT2D eigenvalue weighted by Gasteiger charge is -2.15. The van der Waals surface area contributed by atoms with Gasteiger partial charge in [0.05, 0.1) is 0 Å². The Bertz CT molecular complexity index is 419. The molecule has 0 radical (unpaired) electrons. The van der Waals surface area contributed by atoms with E-state index >= 15 is 0 Å². The zero-order chi connectivity index (χ0) is 13.5. The van der Waals surface area contributed by atoms with Crippen molar-refractivity contribution in [2.45, 2.75) is 6.10 Å². The Morgan fingerprint density at radius 1 is 1.33 bits per heavy atom. The molecule has 7 nitrogen and oxygen atoms in total. The van der Waals surface area contributed by atoms with Crippen LogP contribution in [0.15, 0.2) is 24.3 Å². The highest BCUT2D eigenvalue weighted by Crippen LogP contribution is 2.20. The van der Waals surface area contributed by atoms with Crippen molar-refractivity contribution in [1.82, 2.24) is 5.32 Å². The van der Waals surface area contributed by atoms with Crippen LogP contribution < -0.4 is 21.5 Å². The minimum atomic E-state index is -1.14. The predicted octanol–water partition coefficient (Wildman–Crippen LogP) is -0.136. The third kappa shape index (κ3) is 3.63. The highest BCUT2D eigenvalue weighted by molar-refractivity contribution is 5.83. The number of nitrogens with two attached hydrogens (primary N) is 2. The van der Waals surface area contributed by atoms with E-state index in [1.54, 1.807) is 24.3 Å². The molecule has 0 fully saturated rings. The quantitative estimate of drug-likeness (QED) is 0.632. The van der Waals surface area contributed by atoms with Gasteiger partial charge in [-0.25, -0.2) is 4.79 Å². The van der Waals surface area contributed by atoms with Crippen molar-refractivity contribution in [3.63, 3.8) is 0 Å². The Balaban J connectivity index is 2.85. The average molecular weight is 253 g/mol. The van der Waals surface area contributed by atoms with Crippen molar-refractivity contribution in [2.24, 2.45) is 11.5 Å². The molecule has 0 heterocycles. The molecule has 1 rings (SSSR count). The first-order valence-corrected chi connectivity index (χ1v) is 5.19. The summed E-state index contributed by atoms with van der Waals surface area (Å²) in [6.07, 6.45) is -1.88. The van der Waals surface area contributed by atoms with Crippen LogP contribution in [0, 0.1) is 0 Å². The van der Waals surface area contributed by atoms with Gasteiger partial charge < -0.3 is 20.5 Å². The van der Waals surface area contributed by atoms with Crippen molar-refractivity contribution in [3.05, 3.63) is 29.8 Å². The van der Waals surface area contributed by atoms with Crippen LogP contribution in [0.25, 0.3) is 0 Å². The Hall–Kier alpha value is -2.28. The average Bonchev–Trinajstić information content (AvgIpc) is 2.37. The Morgan fingerprint density at radius 2 is 1.94 bits per heavy atom. The van der Waals surface area contributed by atoms with E-state index in [-0.39, 0.29) is 6.73 Å². The van der Waals surface area contributed by atoms with Gasteiger partial charge in [-0.05, 0) is 12.1 Å². The van der Waals surface area contributed by atoms with Gasteiger partial charge in [0.1, 0.15) is 12.5 Å². The van der Waals surface area contributed by atoms with Crippen molar-refractivity contribution < 1.29 is 19.1 Å². The molecule has 1 atom stereocenters. The van der Waals surface area contributed by atoms with E-state index < -0.39 is 18.1 Å². The van der Waals surface area contributed by atoms with E-state index in [2.05, 4.69) is 5.32 Å². The smallest absolute Gasteiger partial charge is 0.408 e. The molecule has 1 aromatic carbocycles. The first-order chi connectivity index (χ1) is 8.58. The molecule has 0 aliphatic rings. The first-order valence-electron chi connectivity index (χ1n) is 5.19. The molecule has 7 heteroatoms. The van der Waals surface area contributed by atoms with Gasteiger partial charge in [0.2, 0.25) is 6.10 Å². The highest BCUT2D eigenvalue weighted by atomic mass is 16.6. The van der Waals surface area contributed by atoms with Crippen molar-refractivity contribution in [2.75, 3.05) is 13.8 Å². The number of alkyl carbamates (subject to hydrolysis) is 1. The van der Waals surface area contributed by atoms with Crippen LogP contribution in [0.2, 0.25) is 0 Å². The maximum atomic E-state index is 11.2. The maximum absolute atomic E-state index is 11.2. The summed E-state index contributed by atoms with van der Waals surface area (Å²) in [7, 11) is 1.39. The Labute approximate surface area is 104 Å². The second-order valence-electron chi connectivity index (χ2n) is 3.32. The van der Waals surface area contributed by atoms with Crippen LogP contribution in [0.5, 0.6) is 5.75 Å². The molecule has 1 unspecified atom stereocenters. The van der Waals surface area contributed by atoms with E-state index in [4.69, 9.17) is 20.9 Å². The maximum Gasteiger partial charge on any atom is 0.408 e. The number of carbonyl (C=O) groups excluding carboxylic acids is 2. The fraction of sp³-hybridized carbons (Fsp3) is 0.273. The van der Waals surface area contributed by atoms with Gasteiger partial charge in [-0.3, -0.25) is 10.5 Å². The van der Waals surface area contributed by atoms with E-state index in [1.165, 1.54) is 7.05 Å². The van der Waals surface area contributed by atoms with Crippen LogP contribution in [0.4, 0.5) is 4.79 Å². The number of ether oxygens (including phenoxy) is 2. The summed E-state index contributed by atoms with van der Waals surface area (Å²) in [5.74, 6) is -0.212. The van der Waals surface area contributed by atoms with Crippen molar-refractivity contribution in [3.8, 4) is 5.75 Å². The highest BCUT2D eigenvalue weighted by Gasteiger charge is 2.21. The summed E-state index contributed by atoms with van der Waals surface area (Å²) in [6.45, 7) is 0.0489. The number of benzene rings is 1. The summed E-state index contributed by atoms with van der Waals surface area (Å²) in [4.78, 5) is 22.3. The lowest BCUT2D eigenvalue weighted by atomic mass is 10.1. The molecule has 0 saturated carbocycles. The van der Waals surface area contributed by atoms with E-state index in [0.717, 1.165) is 0 Å². The number of rotatable bonds is 5. The molecule has 0 bridgehead atoms. The van der Waals surface area contributed by atoms with Crippen molar-refractivity contribution >= 4 is 12.0 Å².